The SMILES string of the molecule is COc1cc(Nc2ncnc3cnc(N4CCOCC4)cc23)ccc1Oc1cccc(F)c1. The summed E-state index contributed by atoms with van der Waals surface area (Å²) in [5.74, 6) is 2.50. The highest BCUT2D eigenvalue weighted by molar-refractivity contribution is 5.92. The van der Waals surface area contributed by atoms with E-state index in [1.54, 1.807) is 37.6 Å². The normalized spacial score (nSPS) is 13.7. The summed E-state index contributed by atoms with van der Waals surface area (Å²) in [7, 11) is 1.55. The number of methoxy groups -OCH3 is 1. The fourth-order valence-electron chi connectivity index (χ4n) is 3.64. The molecule has 1 fully saturated rings. The third-order valence-corrected chi connectivity index (χ3v) is 5.29. The zero-order valence-electron chi connectivity index (χ0n) is 18.0. The van der Waals surface area contributed by atoms with E-state index in [-0.39, 0.29) is 5.82 Å². The Labute approximate surface area is 190 Å². The predicted octanol–water partition coefficient (Wildman–Crippen LogP) is 4.55. The number of aromatic nitrogens is 3. The number of hydrogen-bond acceptors (Lipinski definition) is 8. The lowest BCUT2D eigenvalue weighted by molar-refractivity contribution is 0.122. The lowest BCUT2D eigenvalue weighted by Crippen LogP contribution is -2.36. The molecule has 0 saturated carbocycles. The summed E-state index contributed by atoms with van der Waals surface area (Å²) < 4.78 is 30.2. The maximum absolute atomic E-state index is 13.5. The number of nitrogens with one attached hydrogen (secondary N) is 1. The maximum Gasteiger partial charge on any atom is 0.169 e. The minimum atomic E-state index is -0.369. The fourth-order valence-corrected chi connectivity index (χ4v) is 3.64. The van der Waals surface area contributed by atoms with Crippen LogP contribution in [0.3, 0.4) is 0 Å². The van der Waals surface area contributed by atoms with Crippen molar-refractivity contribution in [3.8, 4) is 17.2 Å². The van der Waals surface area contributed by atoms with E-state index in [2.05, 4.69) is 25.2 Å². The minimum Gasteiger partial charge on any atom is -0.493 e. The van der Waals surface area contributed by atoms with Gasteiger partial charge < -0.3 is 24.4 Å². The molecule has 2 aromatic heterocycles. The van der Waals surface area contributed by atoms with Crippen LogP contribution in [0.25, 0.3) is 10.9 Å². The summed E-state index contributed by atoms with van der Waals surface area (Å²) in [6.07, 6.45) is 3.25. The molecule has 1 N–H and O–H groups in total. The molecular formula is C24H22FN5O3. The summed E-state index contributed by atoms with van der Waals surface area (Å²) in [6.45, 7) is 2.94. The summed E-state index contributed by atoms with van der Waals surface area (Å²) in [6, 6.07) is 13.3. The third-order valence-electron chi connectivity index (χ3n) is 5.29. The van der Waals surface area contributed by atoms with Crippen LogP contribution in [0.1, 0.15) is 0 Å². The van der Waals surface area contributed by atoms with Crippen LogP contribution in [0.4, 0.5) is 21.7 Å². The first-order valence-corrected chi connectivity index (χ1v) is 10.5. The standard InChI is InChI=1S/C24H22FN5O3/c1-31-22-12-17(5-6-21(22)33-18-4-2-3-16(25)11-18)29-24-19-13-23(30-7-9-32-10-8-30)26-14-20(19)27-15-28-24/h2-6,11-15H,7-10H2,1H3,(H,27,28,29). The van der Waals surface area contributed by atoms with Crippen molar-refractivity contribution in [2.75, 3.05) is 43.6 Å². The number of morpholine rings is 1. The van der Waals surface area contributed by atoms with Gasteiger partial charge >= 0.3 is 0 Å². The maximum atomic E-state index is 13.5. The molecule has 0 aliphatic carbocycles. The predicted molar refractivity (Wildman–Crippen MR) is 123 cm³/mol. The molecule has 2 aromatic carbocycles. The van der Waals surface area contributed by atoms with Gasteiger partial charge in [-0.25, -0.2) is 19.3 Å². The molecule has 5 rings (SSSR count). The van der Waals surface area contributed by atoms with Gasteiger partial charge in [0.15, 0.2) is 11.5 Å². The summed E-state index contributed by atoms with van der Waals surface area (Å²) in [5.41, 5.74) is 1.49. The van der Waals surface area contributed by atoms with Gasteiger partial charge in [-0.2, -0.15) is 0 Å². The van der Waals surface area contributed by atoms with Crippen LogP contribution in [0, 0.1) is 5.82 Å². The Morgan fingerprint density at radius 2 is 1.88 bits per heavy atom. The van der Waals surface area contributed by atoms with Crippen LogP contribution in [-0.2, 0) is 4.74 Å². The van der Waals surface area contributed by atoms with Crippen LogP contribution in [0.5, 0.6) is 17.2 Å². The van der Waals surface area contributed by atoms with Crippen LogP contribution >= 0.6 is 0 Å². The number of benzene rings is 2. The Balaban J connectivity index is 1.42. The van der Waals surface area contributed by atoms with E-state index in [4.69, 9.17) is 14.2 Å². The average molecular weight is 447 g/mol. The second-order valence-corrected chi connectivity index (χ2v) is 7.43. The van der Waals surface area contributed by atoms with Crippen molar-refractivity contribution in [3.05, 3.63) is 66.9 Å². The Bertz CT molecular complexity index is 1280. The van der Waals surface area contributed by atoms with Gasteiger partial charge in [-0.3, -0.25) is 0 Å². The first-order valence-electron chi connectivity index (χ1n) is 10.5. The third kappa shape index (κ3) is 4.63. The number of ether oxygens (including phenoxy) is 3. The van der Waals surface area contributed by atoms with Crippen molar-refractivity contribution in [1.82, 2.24) is 15.0 Å². The van der Waals surface area contributed by atoms with Crippen molar-refractivity contribution in [1.29, 1.82) is 0 Å². The van der Waals surface area contributed by atoms with E-state index in [9.17, 15) is 4.39 Å². The minimum absolute atomic E-state index is 0.369. The molecule has 0 radical (unpaired) electrons. The quantitative estimate of drug-likeness (QED) is 0.461. The lowest BCUT2D eigenvalue weighted by Gasteiger charge is -2.27. The van der Waals surface area contributed by atoms with Gasteiger partial charge in [0, 0.05) is 36.3 Å². The summed E-state index contributed by atoms with van der Waals surface area (Å²) in [4.78, 5) is 15.5. The number of fused-ring (bicyclic) bond motifs is 1. The molecule has 8 nitrogen and oxygen atoms in total. The second kappa shape index (κ2) is 9.25. The fraction of sp³-hybridized carbons (Fsp3) is 0.208. The van der Waals surface area contributed by atoms with Crippen molar-refractivity contribution < 1.29 is 18.6 Å². The zero-order chi connectivity index (χ0) is 22.6. The van der Waals surface area contributed by atoms with E-state index in [0.29, 0.717) is 36.3 Å². The Hall–Kier alpha value is -3.98. The lowest BCUT2D eigenvalue weighted by atomic mass is 10.2. The number of rotatable bonds is 6. The number of anilines is 3. The van der Waals surface area contributed by atoms with Crippen LogP contribution < -0.4 is 19.7 Å². The van der Waals surface area contributed by atoms with Crippen LogP contribution in [0.2, 0.25) is 0 Å². The van der Waals surface area contributed by atoms with E-state index in [0.717, 1.165) is 35.5 Å². The largest absolute Gasteiger partial charge is 0.493 e. The highest BCUT2D eigenvalue weighted by Gasteiger charge is 2.15. The van der Waals surface area contributed by atoms with Gasteiger partial charge in [-0.15, -0.1) is 0 Å². The van der Waals surface area contributed by atoms with Crippen molar-refractivity contribution in [3.63, 3.8) is 0 Å². The molecule has 0 atom stereocenters. The molecule has 3 heterocycles. The van der Waals surface area contributed by atoms with Gasteiger partial charge in [0.1, 0.15) is 29.5 Å². The highest BCUT2D eigenvalue weighted by Crippen LogP contribution is 2.35. The molecule has 1 saturated heterocycles. The summed E-state index contributed by atoms with van der Waals surface area (Å²) in [5, 5.41) is 4.19. The van der Waals surface area contributed by atoms with E-state index in [1.807, 2.05) is 12.1 Å². The van der Waals surface area contributed by atoms with Crippen LogP contribution in [-0.4, -0.2) is 48.4 Å². The van der Waals surface area contributed by atoms with E-state index < -0.39 is 0 Å². The Kier molecular flexibility index (Phi) is 5.86. The average Bonchev–Trinajstić information content (AvgIpc) is 2.85. The first kappa shape index (κ1) is 20.9. The molecule has 0 spiro atoms. The van der Waals surface area contributed by atoms with Gasteiger partial charge in [0.05, 0.1) is 32.0 Å². The molecule has 0 amide bonds. The van der Waals surface area contributed by atoms with E-state index in [1.165, 1.54) is 18.5 Å². The van der Waals surface area contributed by atoms with Crippen LogP contribution in [0.15, 0.2) is 61.1 Å². The molecule has 0 bridgehead atoms. The Morgan fingerprint density at radius 1 is 1.00 bits per heavy atom. The molecular weight excluding hydrogens is 425 g/mol. The van der Waals surface area contributed by atoms with Gasteiger partial charge in [-0.05, 0) is 30.3 Å². The van der Waals surface area contributed by atoms with Crippen molar-refractivity contribution in [2.24, 2.45) is 0 Å². The van der Waals surface area contributed by atoms with E-state index >= 15 is 0 Å². The molecule has 4 aromatic rings. The molecule has 168 valence electrons. The highest BCUT2D eigenvalue weighted by atomic mass is 19.1. The zero-order valence-corrected chi connectivity index (χ0v) is 18.0. The van der Waals surface area contributed by atoms with Gasteiger partial charge in [0.25, 0.3) is 0 Å². The molecule has 33 heavy (non-hydrogen) atoms. The molecule has 9 heteroatoms. The van der Waals surface area contributed by atoms with Crippen molar-refractivity contribution in [2.45, 2.75) is 0 Å². The van der Waals surface area contributed by atoms with Crippen molar-refractivity contribution >= 4 is 28.2 Å². The first-order chi connectivity index (χ1) is 16.2. The monoisotopic (exact) mass is 447 g/mol. The van der Waals surface area contributed by atoms with Gasteiger partial charge in [-0.1, -0.05) is 6.07 Å². The van der Waals surface area contributed by atoms with Gasteiger partial charge in [0.2, 0.25) is 0 Å². The smallest absolute Gasteiger partial charge is 0.169 e. The molecule has 1 aliphatic heterocycles. The molecule has 0 unspecified atom stereocenters. The number of halogens is 1. The topological polar surface area (TPSA) is 81.6 Å². The summed E-state index contributed by atoms with van der Waals surface area (Å²) >= 11 is 0. The number of hydrogen-bond donors (Lipinski definition) is 1. The number of nitrogens with zero attached hydrogens (tertiary/aromatic N) is 4. The second-order valence-electron chi connectivity index (χ2n) is 7.43. The molecule has 1 aliphatic rings. The Morgan fingerprint density at radius 3 is 2.70 bits per heavy atom. The number of pyridine rings is 1.